The summed E-state index contributed by atoms with van der Waals surface area (Å²) in [5.41, 5.74) is 4.78. The number of esters is 1. The first-order valence-corrected chi connectivity index (χ1v) is 8.32. The van der Waals surface area contributed by atoms with Crippen molar-refractivity contribution in [2.75, 3.05) is 14.2 Å². The number of aryl methyl sites for hydroxylation is 2. The summed E-state index contributed by atoms with van der Waals surface area (Å²) in [6.07, 6.45) is 3.84. The molecule has 0 bridgehead atoms. The van der Waals surface area contributed by atoms with Gasteiger partial charge in [-0.2, -0.15) is 0 Å². The number of methoxy groups -OCH3 is 2. The third kappa shape index (κ3) is 2.96. The van der Waals surface area contributed by atoms with Crippen LogP contribution in [-0.4, -0.2) is 26.1 Å². The lowest BCUT2D eigenvalue weighted by Gasteiger charge is -2.17. The second-order valence-corrected chi connectivity index (χ2v) is 6.30. The van der Waals surface area contributed by atoms with Gasteiger partial charge in [0.2, 0.25) is 0 Å². The van der Waals surface area contributed by atoms with Crippen molar-refractivity contribution in [2.45, 2.75) is 20.3 Å². The van der Waals surface area contributed by atoms with Crippen molar-refractivity contribution in [3.05, 3.63) is 64.3 Å². The summed E-state index contributed by atoms with van der Waals surface area (Å²) in [6.45, 7) is 4.09. The minimum Gasteiger partial charge on any atom is -0.496 e. The zero-order valence-corrected chi connectivity index (χ0v) is 15.3. The van der Waals surface area contributed by atoms with Crippen molar-refractivity contribution >= 4 is 28.3 Å². The van der Waals surface area contributed by atoms with Crippen LogP contribution in [-0.2, 0) is 14.3 Å². The van der Waals surface area contributed by atoms with Gasteiger partial charge in [0.25, 0.3) is 0 Å². The molecular formula is C22H20O4. The lowest BCUT2D eigenvalue weighted by Crippen LogP contribution is -2.10. The van der Waals surface area contributed by atoms with Crippen LogP contribution < -0.4 is 4.74 Å². The molecule has 0 N–H and O–H groups in total. The van der Waals surface area contributed by atoms with E-state index in [2.05, 4.69) is 19.1 Å². The normalized spacial score (nSPS) is 13.8. The summed E-state index contributed by atoms with van der Waals surface area (Å²) in [5.74, 6) is 2.24. The van der Waals surface area contributed by atoms with Crippen molar-refractivity contribution in [3.63, 3.8) is 0 Å². The van der Waals surface area contributed by atoms with E-state index in [9.17, 15) is 9.59 Å². The fourth-order valence-corrected chi connectivity index (χ4v) is 3.34. The molecule has 0 fully saturated rings. The van der Waals surface area contributed by atoms with E-state index in [4.69, 9.17) is 9.47 Å². The fraction of sp³-hybridized carbons (Fsp3) is 0.227. The molecule has 132 valence electrons. The third-order valence-electron chi connectivity index (χ3n) is 4.83. The van der Waals surface area contributed by atoms with Crippen LogP contribution >= 0.6 is 0 Å². The molecule has 3 rings (SSSR count). The lowest BCUT2D eigenvalue weighted by atomic mass is 9.88. The third-order valence-corrected chi connectivity index (χ3v) is 4.83. The Morgan fingerprint density at radius 3 is 2.50 bits per heavy atom. The number of allylic oxidation sites excluding steroid dienone is 3. The van der Waals surface area contributed by atoms with Gasteiger partial charge in [-0.1, -0.05) is 18.2 Å². The Kier molecular flexibility index (Phi) is 4.79. The van der Waals surface area contributed by atoms with Crippen LogP contribution in [0.2, 0.25) is 0 Å². The zero-order chi connectivity index (χ0) is 18.8. The lowest BCUT2D eigenvalue weighted by molar-refractivity contribution is -0.135. The van der Waals surface area contributed by atoms with Crippen molar-refractivity contribution in [2.24, 2.45) is 0 Å². The zero-order valence-electron chi connectivity index (χ0n) is 15.3. The van der Waals surface area contributed by atoms with Gasteiger partial charge in [0.1, 0.15) is 11.7 Å². The van der Waals surface area contributed by atoms with E-state index in [1.165, 1.54) is 7.11 Å². The molecule has 4 heteroatoms. The number of rotatable bonds is 3. The second kappa shape index (κ2) is 7.03. The summed E-state index contributed by atoms with van der Waals surface area (Å²) in [5, 5.41) is 2.28. The minimum absolute atomic E-state index is 0.267. The van der Waals surface area contributed by atoms with E-state index in [0.717, 1.165) is 38.8 Å². The summed E-state index contributed by atoms with van der Waals surface area (Å²) in [4.78, 5) is 23.1. The second-order valence-electron chi connectivity index (χ2n) is 6.30. The molecule has 0 saturated carbocycles. The topological polar surface area (TPSA) is 52.6 Å². The average Bonchev–Trinajstić information content (AvgIpc) is 2.69. The minimum atomic E-state index is -0.518. The number of fused-ring (bicyclic) bond motifs is 1. The maximum atomic E-state index is 11.8. The SMILES string of the molecule is COC(=O)C1=CC=C(c2ccc3c(C)c(OC)cc(C)c3c2)CC1=C=O. The summed E-state index contributed by atoms with van der Waals surface area (Å²) < 4.78 is 10.2. The van der Waals surface area contributed by atoms with E-state index in [0.29, 0.717) is 12.0 Å². The van der Waals surface area contributed by atoms with Gasteiger partial charge in [-0.3, -0.25) is 0 Å². The standard InChI is InChI=1S/C22H20O4/c1-13-9-21(25-3)14(2)18-7-5-16(11-20(13)18)15-6-8-19(22(24)26-4)17(10-15)12-23/h5-9,11H,10H2,1-4H3. The molecule has 26 heavy (non-hydrogen) atoms. The van der Waals surface area contributed by atoms with Crippen LogP contribution in [0.1, 0.15) is 23.1 Å². The van der Waals surface area contributed by atoms with E-state index in [1.807, 2.05) is 31.1 Å². The largest absolute Gasteiger partial charge is 0.496 e. The highest BCUT2D eigenvalue weighted by molar-refractivity contribution is 6.00. The van der Waals surface area contributed by atoms with Crippen molar-refractivity contribution in [1.82, 2.24) is 0 Å². The Morgan fingerprint density at radius 2 is 1.85 bits per heavy atom. The number of carbonyl (C=O) groups is 1. The van der Waals surface area contributed by atoms with Gasteiger partial charge < -0.3 is 9.47 Å². The van der Waals surface area contributed by atoms with E-state index >= 15 is 0 Å². The molecule has 0 amide bonds. The highest BCUT2D eigenvalue weighted by Crippen LogP contribution is 2.35. The first kappa shape index (κ1) is 17.7. The van der Waals surface area contributed by atoms with Gasteiger partial charge in [0, 0.05) is 6.42 Å². The molecule has 0 spiro atoms. The van der Waals surface area contributed by atoms with E-state index in [1.54, 1.807) is 13.2 Å². The molecule has 2 aromatic rings. The highest BCUT2D eigenvalue weighted by atomic mass is 16.5. The molecule has 0 aliphatic heterocycles. The van der Waals surface area contributed by atoms with Gasteiger partial charge in [-0.15, -0.1) is 0 Å². The van der Waals surface area contributed by atoms with Crippen LogP contribution in [0.5, 0.6) is 5.75 Å². The van der Waals surface area contributed by atoms with Gasteiger partial charge in [-0.05, 0) is 65.1 Å². The molecule has 0 saturated heterocycles. The number of hydrogen-bond donors (Lipinski definition) is 0. The highest BCUT2D eigenvalue weighted by Gasteiger charge is 2.21. The molecule has 0 unspecified atom stereocenters. The molecule has 1 aliphatic rings. The summed E-state index contributed by atoms with van der Waals surface area (Å²) in [7, 11) is 2.97. The Labute approximate surface area is 152 Å². The monoisotopic (exact) mass is 348 g/mol. The predicted molar refractivity (Wildman–Crippen MR) is 102 cm³/mol. The van der Waals surface area contributed by atoms with Crippen LogP contribution in [0, 0.1) is 13.8 Å². The van der Waals surface area contributed by atoms with Crippen molar-refractivity contribution in [3.8, 4) is 5.75 Å². The Bertz CT molecular complexity index is 1020. The molecule has 0 aromatic heterocycles. The molecule has 2 aromatic carbocycles. The smallest absolute Gasteiger partial charge is 0.338 e. The maximum absolute atomic E-state index is 11.8. The summed E-state index contributed by atoms with van der Waals surface area (Å²) in [6, 6.07) is 8.24. The molecular weight excluding hydrogens is 328 g/mol. The van der Waals surface area contributed by atoms with Crippen LogP contribution in [0.15, 0.2) is 47.6 Å². The number of ether oxygens (including phenoxy) is 2. The van der Waals surface area contributed by atoms with Crippen molar-refractivity contribution < 1.29 is 19.1 Å². The van der Waals surface area contributed by atoms with Gasteiger partial charge in [0.15, 0.2) is 0 Å². The fourth-order valence-electron chi connectivity index (χ4n) is 3.34. The van der Waals surface area contributed by atoms with E-state index in [-0.39, 0.29) is 5.57 Å². The molecule has 4 nitrogen and oxygen atoms in total. The van der Waals surface area contributed by atoms with Crippen LogP contribution in [0.3, 0.4) is 0 Å². The van der Waals surface area contributed by atoms with Crippen LogP contribution in [0.4, 0.5) is 0 Å². The van der Waals surface area contributed by atoms with Crippen LogP contribution in [0.25, 0.3) is 16.3 Å². The molecule has 0 radical (unpaired) electrons. The Hall–Kier alpha value is -3.10. The Balaban J connectivity index is 2.11. The van der Waals surface area contributed by atoms with Gasteiger partial charge in [-0.25, -0.2) is 9.59 Å². The van der Waals surface area contributed by atoms with E-state index < -0.39 is 5.97 Å². The quantitative estimate of drug-likeness (QED) is 0.619. The van der Waals surface area contributed by atoms with Gasteiger partial charge in [0.05, 0.1) is 25.4 Å². The summed E-state index contributed by atoms with van der Waals surface area (Å²) >= 11 is 0. The number of hydrogen-bond acceptors (Lipinski definition) is 4. The Morgan fingerprint density at radius 1 is 1.08 bits per heavy atom. The van der Waals surface area contributed by atoms with Crippen molar-refractivity contribution in [1.29, 1.82) is 0 Å². The molecule has 1 aliphatic carbocycles. The van der Waals surface area contributed by atoms with Gasteiger partial charge >= 0.3 is 5.97 Å². The maximum Gasteiger partial charge on any atom is 0.338 e. The predicted octanol–water partition coefficient (Wildman–Crippen LogP) is 4.11. The first-order valence-electron chi connectivity index (χ1n) is 8.32. The molecule has 0 atom stereocenters. The number of carbonyl (C=O) groups excluding carboxylic acids is 2. The first-order chi connectivity index (χ1) is 12.5. The molecule has 0 heterocycles. The average molecular weight is 348 g/mol. The number of benzene rings is 2.